The van der Waals surface area contributed by atoms with Crippen LogP contribution in [-0.2, 0) is 6.54 Å². The van der Waals surface area contributed by atoms with Gasteiger partial charge in [0.05, 0.1) is 0 Å². The molecule has 1 amide bonds. The second-order valence-corrected chi connectivity index (χ2v) is 7.34. The van der Waals surface area contributed by atoms with Crippen molar-refractivity contribution in [2.45, 2.75) is 6.54 Å². The molecule has 2 aromatic carbocycles. The number of nitrogens with zero attached hydrogens (tertiary/aromatic N) is 2. The third-order valence-electron chi connectivity index (χ3n) is 5.27. The van der Waals surface area contributed by atoms with E-state index >= 15 is 0 Å². The first-order chi connectivity index (χ1) is 15.3. The normalized spacial score (nSPS) is 10.8. The minimum atomic E-state index is -0.0960. The van der Waals surface area contributed by atoms with Gasteiger partial charge in [-0.15, -0.1) is 0 Å². The number of aromatic amines is 1. The zero-order valence-corrected chi connectivity index (χ0v) is 16.7. The Morgan fingerprint density at radius 2 is 1.52 bits per heavy atom. The van der Waals surface area contributed by atoms with E-state index in [1.54, 1.807) is 24.8 Å². The molecule has 0 saturated heterocycles. The van der Waals surface area contributed by atoms with Crippen molar-refractivity contribution in [3.05, 3.63) is 109 Å². The predicted octanol–water partition coefficient (Wildman–Crippen LogP) is 5.22. The highest BCUT2D eigenvalue weighted by Crippen LogP contribution is 2.28. The third-order valence-corrected chi connectivity index (χ3v) is 5.27. The summed E-state index contributed by atoms with van der Waals surface area (Å²) in [6, 6.07) is 23.9. The fourth-order valence-electron chi connectivity index (χ4n) is 3.62. The molecule has 3 heterocycles. The number of amides is 1. The van der Waals surface area contributed by atoms with Gasteiger partial charge in [-0.05, 0) is 71.3 Å². The van der Waals surface area contributed by atoms with Crippen LogP contribution < -0.4 is 5.32 Å². The Morgan fingerprint density at radius 3 is 2.32 bits per heavy atom. The van der Waals surface area contributed by atoms with Gasteiger partial charge in [0.2, 0.25) is 0 Å². The molecule has 0 aliphatic rings. The smallest absolute Gasteiger partial charge is 0.251 e. The van der Waals surface area contributed by atoms with Crippen molar-refractivity contribution < 1.29 is 4.79 Å². The van der Waals surface area contributed by atoms with E-state index in [-0.39, 0.29) is 5.91 Å². The largest absolute Gasteiger partial charge is 0.355 e. The number of benzene rings is 2. The summed E-state index contributed by atoms with van der Waals surface area (Å²) in [7, 11) is 0. The summed E-state index contributed by atoms with van der Waals surface area (Å²) < 4.78 is 0. The molecule has 0 atom stereocenters. The lowest BCUT2D eigenvalue weighted by molar-refractivity contribution is 0.0951. The summed E-state index contributed by atoms with van der Waals surface area (Å²) in [5.74, 6) is -0.0960. The van der Waals surface area contributed by atoms with Gasteiger partial charge in [-0.2, -0.15) is 0 Å². The molecule has 5 rings (SSSR count). The Hall–Kier alpha value is -4.25. The van der Waals surface area contributed by atoms with E-state index in [4.69, 9.17) is 0 Å². The molecule has 3 aromatic heterocycles. The van der Waals surface area contributed by atoms with E-state index in [1.807, 2.05) is 48.5 Å². The molecule has 5 aromatic rings. The molecule has 0 bridgehead atoms. The molecule has 0 spiro atoms. The molecule has 0 unspecified atom stereocenters. The van der Waals surface area contributed by atoms with Crippen LogP contribution in [0.3, 0.4) is 0 Å². The van der Waals surface area contributed by atoms with Gasteiger partial charge in [-0.3, -0.25) is 14.8 Å². The standard InChI is InChI=1S/C26H20N4O/c31-26(29-17-18-6-10-27-11-7-18)22-3-1-2-20(14-22)21-4-5-24-23(15-21)16-25(30-24)19-8-12-28-13-9-19/h1-16,30H,17H2,(H,29,31). The highest BCUT2D eigenvalue weighted by Gasteiger charge is 2.09. The number of fused-ring (bicyclic) bond motifs is 1. The van der Waals surface area contributed by atoms with Crippen LogP contribution in [0.15, 0.2) is 97.6 Å². The highest BCUT2D eigenvalue weighted by atomic mass is 16.1. The molecule has 0 aliphatic heterocycles. The van der Waals surface area contributed by atoms with Crippen molar-refractivity contribution in [2.75, 3.05) is 0 Å². The van der Waals surface area contributed by atoms with E-state index in [9.17, 15) is 4.79 Å². The zero-order chi connectivity index (χ0) is 21.0. The van der Waals surface area contributed by atoms with Crippen molar-refractivity contribution in [3.8, 4) is 22.4 Å². The fraction of sp³-hybridized carbons (Fsp3) is 0.0385. The first-order valence-corrected chi connectivity index (χ1v) is 10.1. The zero-order valence-electron chi connectivity index (χ0n) is 16.7. The molecule has 0 aliphatic carbocycles. The predicted molar refractivity (Wildman–Crippen MR) is 122 cm³/mol. The second kappa shape index (κ2) is 8.24. The Morgan fingerprint density at radius 1 is 0.774 bits per heavy atom. The van der Waals surface area contributed by atoms with Gasteiger partial charge >= 0.3 is 0 Å². The monoisotopic (exact) mass is 404 g/mol. The summed E-state index contributed by atoms with van der Waals surface area (Å²) in [6.45, 7) is 0.471. The van der Waals surface area contributed by atoms with Crippen LogP contribution in [0.5, 0.6) is 0 Å². The lowest BCUT2D eigenvalue weighted by Crippen LogP contribution is -2.22. The van der Waals surface area contributed by atoms with Gasteiger partial charge in [0, 0.05) is 59.1 Å². The van der Waals surface area contributed by atoms with Crippen molar-refractivity contribution >= 4 is 16.8 Å². The summed E-state index contributed by atoms with van der Waals surface area (Å²) in [4.78, 5) is 24.2. The number of aromatic nitrogens is 3. The summed E-state index contributed by atoms with van der Waals surface area (Å²) in [6.07, 6.45) is 7.02. The van der Waals surface area contributed by atoms with Crippen LogP contribution in [-0.4, -0.2) is 20.9 Å². The molecular formula is C26H20N4O. The van der Waals surface area contributed by atoms with Crippen LogP contribution in [0.1, 0.15) is 15.9 Å². The van der Waals surface area contributed by atoms with Gasteiger partial charge in [0.1, 0.15) is 0 Å². The minimum Gasteiger partial charge on any atom is -0.355 e. The Balaban J connectivity index is 1.39. The minimum absolute atomic E-state index is 0.0960. The molecule has 0 radical (unpaired) electrons. The number of hydrogen-bond acceptors (Lipinski definition) is 3. The Bertz CT molecular complexity index is 1340. The van der Waals surface area contributed by atoms with E-state index in [2.05, 4.69) is 44.5 Å². The third kappa shape index (κ3) is 4.07. The SMILES string of the molecule is O=C(NCc1ccncc1)c1cccc(-c2ccc3[nH]c(-c4ccncc4)cc3c2)c1. The van der Waals surface area contributed by atoms with E-state index in [1.165, 1.54) is 0 Å². The molecule has 5 nitrogen and oxygen atoms in total. The molecule has 0 saturated carbocycles. The Kier molecular flexibility index (Phi) is 4.99. The lowest BCUT2D eigenvalue weighted by atomic mass is 10.0. The van der Waals surface area contributed by atoms with Gasteiger partial charge in [0.25, 0.3) is 5.91 Å². The van der Waals surface area contributed by atoms with Crippen molar-refractivity contribution in [2.24, 2.45) is 0 Å². The maximum absolute atomic E-state index is 12.6. The average Bonchev–Trinajstić information content (AvgIpc) is 3.27. The van der Waals surface area contributed by atoms with E-state index < -0.39 is 0 Å². The van der Waals surface area contributed by atoms with Crippen LogP contribution in [0.2, 0.25) is 0 Å². The number of H-pyrrole nitrogens is 1. The fourth-order valence-corrected chi connectivity index (χ4v) is 3.62. The molecule has 150 valence electrons. The van der Waals surface area contributed by atoms with Crippen molar-refractivity contribution in [1.82, 2.24) is 20.3 Å². The summed E-state index contributed by atoms with van der Waals surface area (Å²) in [5, 5.41) is 4.09. The first kappa shape index (κ1) is 18.8. The molecule has 31 heavy (non-hydrogen) atoms. The van der Waals surface area contributed by atoms with Gasteiger partial charge in [-0.1, -0.05) is 18.2 Å². The summed E-state index contributed by atoms with van der Waals surface area (Å²) >= 11 is 0. The van der Waals surface area contributed by atoms with Gasteiger partial charge in [-0.25, -0.2) is 0 Å². The maximum Gasteiger partial charge on any atom is 0.251 e. The van der Waals surface area contributed by atoms with Gasteiger partial charge < -0.3 is 10.3 Å². The van der Waals surface area contributed by atoms with Crippen molar-refractivity contribution in [3.63, 3.8) is 0 Å². The number of carbonyl (C=O) groups excluding carboxylic acids is 1. The first-order valence-electron chi connectivity index (χ1n) is 10.1. The molecule has 5 heteroatoms. The van der Waals surface area contributed by atoms with Crippen LogP contribution in [0.4, 0.5) is 0 Å². The van der Waals surface area contributed by atoms with Crippen LogP contribution in [0, 0.1) is 0 Å². The topological polar surface area (TPSA) is 70.7 Å². The number of rotatable bonds is 5. The lowest BCUT2D eigenvalue weighted by Gasteiger charge is -2.08. The number of nitrogens with one attached hydrogen (secondary N) is 2. The Labute approximate surface area is 179 Å². The number of hydrogen-bond donors (Lipinski definition) is 2. The van der Waals surface area contributed by atoms with E-state index in [0.29, 0.717) is 12.1 Å². The summed E-state index contributed by atoms with van der Waals surface area (Å²) in [5.41, 5.74) is 6.95. The molecule has 2 N–H and O–H groups in total. The van der Waals surface area contributed by atoms with Crippen LogP contribution in [0.25, 0.3) is 33.3 Å². The second-order valence-electron chi connectivity index (χ2n) is 7.34. The molecule has 0 fully saturated rings. The number of pyridine rings is 2. The molecular weight excluding hydrogens is 384 g/mol. The van der Waals surface area contributed by atoms with Crippen LogP contribution >= 0.6 is 0 Å². The number of carbonyl (C=O) groups is 1. The van der Waals surface area contributed by atoms with E-state index in [0.717, 1.165) is 38.9 Å². The average molecular weight is 404 g/mol. The highest BCUT2D eigenvalue weighted by molar-refractivity contribution is 5.96. The quantitative estimate of drug-likeness (QED) is 0.422. The van der Waals surface area contributed by atoms with Gasteiger partial charge in [0.15, 0.2) is 0 Å². The maximum atomic E-state index is 12.6. The van der Waals surface area contributed by atoms with Crippen molar-refractivity contribution in [1.29, 1.82) is 0 Å².